The summed E-state index contributed by atoms with van der Waals surface area (Å²) in [4.78, 5) is 0.0288. The fraction of sp³-hybridized carbons (Fsp3) is 0.308. The Bertz CT molecular complexity index is 769. The van der Waals surface area contributed by atoms with Crippen LogP contribution in [-0.4, -0.2) is 31.3 Å². The number of nitrogens with two attached hydrogens (primary N) is 1. The molecule has 112 valence electrons. The zero-order valence-electron chi connectivity index (χ0n) is 11.6. The zero-order chi connectivity index (χ0) is 15.0. The number of aromatic nitrogens is 2. The number of sulfonamides is 1. The van der Waals surface area contributed by atoms with Gasteiger partial charge in [0.05, 0.1) is 12.2 Å². The lowest BCUT2D eigenvalue weighted by atomic mass is 10.2. The van der Waals surface area contributed by atoms with Crippen LogP contribution in [0, 0.1) is 0 Å². The Morgan fingerprint density at radius 2 is 2.14 bits per heavy atom. The first-order valence-corrected chi connectivity index (χ1v) is 8.05. The monoisotopic (exact) mass is 308 g/mol. The van der Waals surface area contributed by atoms with Crippen LogP contribution in [-0.2, 0) is 16.6 Å². The van der Waals surface area contributed by atoms with Crippen molar-refractivity contribution < 1.29 is 13.2 Å². The molecule has 0 saturated carbocycles. The molecule has 0 spiro atoms. The first kappa shape index (κ1) is 13.7. The molecule has 0 unspecified atom stereocenters. The van der Waals surface area contributed by atoms with E-state index in [1.54, 1.807) is 24.3 Å². The van der Waals surface area contributed by atoms with E-state index >= 15 is 0 Å². The van der Waals surface area contributed by atoms with Crippen LogP contribution in [0.15, 0.2) is 35.4 Å². The summed E-state index contributed by atoms with van der Waals surface area (Å²) in [6.07, 6.45) is 1.46. The summed E-state index contributed by atoms with van der Waals surface area (Å²) in [6.45, 7) is 2.97. The lowest BCUT2D eigenvalue weighted by molar-refractivity contribution is 0.316. The molecule has 8 heteroatoms. The number of nitrogens with zero attached hydrogens (tertiary/aromatic N) is 3. The Kier molecular flexibility index (Phi) is 3.25. The van der Waals surface area contributed by atoms with Gasteiger partial charge in [0.15, 0.2) is 5.82 Å². The van der Waals surface area contributed by atoms with E-state index in [9.17, 15) is 8.42 Å². The van der Waals surface area contributed by atoms with Crippen molar-refractivity contribution in [2.45, 2.75) is 18.4 Å². The van der Waals surface area contributed by atoms with Gasteiger partial charge in [-0.15, -0.1) is 0 Å². The number of anilines is 2. The molecule has 1 aromatic heterocycles. The number of rotatable bonds is 3. The van der Waals surface area contributed by atoms with Crippen LogP contribution in [0.1, 0.15) is 6.92 Å². The first-order chi connectivity index (χ1) is 10.0. The number of aryl methyl sites for hydroxylation is 1. The highest BCUT2D eigenvalue weighted by Gasteiger charge is 2.32. The largest absolute Gasteiger partial charge is 0.489 e. The maximum Gasteiger partial charge on any atom is 0.269 e. The normalized spacial score (nSPS) is 14.6. The second-order valence-electron chi connectivity index (χ2n) is 4.63. The average Bonchev–Trinajstić information content (AvgIpc) is 2.88. The first-order valence-electron chi connectivity index (χ1n) is 6.61. The summed E-state index contributed by atoms with van der Waals surface area (Å²) in [6, 6.07) is 7.04. The van der Waals surface area contributed by atoms with E-state index in [2.05, 4.69) is 5.10 Å². The molecule has 0 amide bonds. The fourth-order valence-electron chi connectivity index (χ4n) is 2.29. The van der Waals surface area contributed by atoms with Gasteiger partial charge in [-0.25, -0.2) is 8.42 Å². The molecule has 1 aromatic carbocycles. The van der Waals surface area contributed by atoms with Crippen molar-refractivity contribution in [3.8, 4) is 5.75 Å². The van der Waals surface area contributed by atoms with Crippen molar-refractivity contribution in [3.63, 3.8) is 0 Å². The van der Waals surface area contributed by atoms with Crippen LogP contribution in [0.4, 0.5) is 11.5 Å². The second kappa shape index (κ2) is 4.96. The molecule has 21 heavy (non-hydrogen) atoms. The molecular weight excluding hydrogens is 292 g/mol. The summed E-state index contributed by atoms with van der Waals surface area (Å²) in [7, 11) is -3.75. The molecule has 3 rings (SSSR count). The second-order valence-corrected chi connectivity index (χ2v) is 6.46. The molecule has 0 saturated heterocycles. The molecule has 2 aromatic rings. The minimum absolute atomic E-state index is 0.0147. The third kappa shape index (κ3) is 2.21. The van der Waals surface area contributed by atoms with E-state index in [1.807, 2.05) is 6.92 Å². The van der Waals surface area contributed by atoms with E-state index in [-0.39, 0.29) is 17.3 Å². The van der Waals surface area contributed by atoms with Gasteiger partial charge >= 0.3 is 0 Å². The number of para-hydroxylation sites is 2. The van der Waals surface area contributed by atoms with Crippen molar-refractivity contribution in [1.29, 1.82) is 0 Å². The maximum absolute atomic E-state index is 12.8. The topological polar surface area (TPSA) is 90.5 Å². The summed E-state index contributed by atoms with van der Waals surface area (Å²) < 4.78 is 34.0. The summed E-state index contributed by atoms with van der Waals surface area (Å²) in [5.41, 5.74) is 6.28. The summed E-state index contributed by atoms with van der Waals surface area (Å²) in [5, 5.41) is 4.00. The van der Waals surface area contributed by atoms with Crippen molar-refractivity contribution in [2.75, 3.05) is 23.2 Å². The van der Waals surface area contributed by atoms with Gasteiger partial charge in [-0.3, -0.25) is 8.99 Å². The highest BCUT2D eigenvalue weighted by molar-refractivity contribution is 7.93. The van der Waals surface area contributed by atoms with Gasteiger partial charge in [-0.2, -0.15) is 5.10 Å². The Morgan fingerprint density at radius 3 is 2.86 bits per heavy atom. The molecule has 0 fully saturated rings. The van der Waals surface area contributed by atoms with Crippen LogP contribution in [0.5, 0.6) is 5.75 Å². The highest BCUT2D eigenvalue weighted by atomic mass is 32.2. The number of hydrogen-bond donors (Lipinski definition) is 1. The predicted molar refractivity (Wildman–Crippen MR) is 78.8 cm³/mol. The Hall–Kier alpha value is -2.22. The fourth-order valence-corrected chi connectivity index (χ4v) is 3.81. The average molecular weight is 308 g/mol. The summed E-state index contributed by atoms with van der Waals surface area (Å²) in [5.74, 6) is 0.564. The molecule has 1 aliphatic heterocycles. The number of hydrogen-bond acceptors (Lipinski definition) is 5. The van der Waals surface area contributed by atoms with E-state index < -0.39 is 10.0 Å². The van der Waals surface area contributed by atoms with Gasteiger partial charge in [0, 0.05) is 12.7 Å². The third-order valence-corrected chi connectivity index (χ3v) is 5.16. The SMILES string of the molecule is CCn1cc(S(=O)(=O)N2CCOc3ccccc32)c(N)n1. The van der Waals surface area contributed by atoms with Crippen LogP contribution in [0.3, 0.4) is 0 Å². The number of ether oxygens (including phenoxy) is 1. The number of nitrogen functional groups attached to an aromatic ring is 1. The minimum Gasteiger partial charge on any atom is -0.489 e. The van der Waals surface area contributed by atoms with E-state index in [1.165, 1.54) is 15.2 Å². The molecular formula is C13H16N4O3S. The molecule has 2 N–H and O–H groups in total. The van der Waals surface area contributed by atoms with E-state index in [4.69, 9.17) is 10.5 Å². The lowest BCUT2D eigenvalue weighted by Crippen LogP contribution is -2.38. The van der Waals surface area contributed by atoms with Gasteiger partial charge in [-0.1, -0.05) is 12.1 Å². The van der Waals surface area contributed by atoms with Crippen LogP contribution < -0.4 is 14.8 Å². The third-order valence-electron chi connectivity index (χ3n) is 3.33. The number of fused-ring (bicyclic) bond motifs is 1. The van der Waals surface area contributed by atoms with Crippen molar-refractivity contribution in [3.05, 3.63) is 30.5 Å². The van der Waals surface area contributed by atoms with Crippen molar-refractivity contribution in [2.24, 2.45) is 0 Å². The maximum atomic E-state index is 12.8. The molecule has 2 heterocycles. The Labute approximate surface area is 123 Å². The summed E-state index contributed by atoms with van der Waals surface area (Å²) >= 11 is 0. The zero-order valence-corrected chi connectivity index (χ0v) is 12.4. The van der Waals surface area contributed by atoms with Gasteiger partial charge in [0.25, 0.3) is 10.0 Å². The van der Waals surface area contributed by atoms with Crippen LogP contribution in [0.2, 0.25) is 0 Å². The van der Waals surface area contributed by atoms with Gasteiger partial charge in [-0.05, 0) is 19.1 Å². The standard InChI is InChI=1S/C13H16N4O3S/c1-2-16-9-12(13(14)15-16)21(18,19)17-7-8-20-11-6-4-3-5-10(11)17/h3-6,9H,2,7-8H2,1H3,(H2,14,15). The van der Waals surface area contributed by atoms with Gasteiger partial charge in [0.2, 0.25) is 0 Å². The molecule has 0 aliphatic carbocycles. The van der Waals surface area contributed by atoms with Crippen LogP contribution in [0.25, 0.3) is 0 Å². The molecule has 0 bridgehead atoms. The number of benzene rings is 1. The van der Waals surface area contributed by atoms with Crippen LogP contribution >= 0.6 is 0 Å². The molecule has 0 radical (unpaired) electrons. The van der Waals surface area contributed by atoms with Gasteiger partial charge < -0.3 is 10.5 Å². The Morgan fingerprint density at radius 1 is 1.38 bits per heavy atom. The molecule has 0 atom stereocenters. The quantitative estimate of drug-likeness (QED) is 0.916. The van der Waals surface area contributed by atoms with Crippen molar-refractivity contribution in [1.82, 2.24) is 9.78 Å². The lowest BCUT2D eigenvalue weighted by Gasteiger charge is -2.29. The molecule has 7 nitrogen and oxygen atoms in total. The van der Waals surface area contributed by atoms with Crippen molar-refractivity contribution >= 4 is 21.5 Å². The predicted octanol–water partition coefficient (Wildman–Crippen LogP) is 1.07. The van der Waals surface area contributed by atoms with E-state index in [0.29, 0.717) is 24.6 Å². The highest BCUT2D eigenvalue weighted by Crippen LogP contribution is 2.35. The van der Waals surface area contributed by atoms with Gasteiger partial charge in [0.1, 0.15) is 17.3 Å². The minimum atomic E-state index is -3.75. The smallest absolute Gasteiger partial charge is 0.269 e. The Balaban J connectivity index is 2.09. The molecule has 1 aliphatic rings. The van der Waals surface area contributed by atoms with E-state index in [0.717, 1.165) is 0 Å².